The van der Waals surface area contributed by atoms with Crippen molar-refractivity contribution < 1.29 is 4.79 Å². The normalized spacial score (nSPS) is 10.3. The van der Waals surface area contributed by atoms with Crippen LogP contribution < -0.4 is 10.6 Å². The Labute approximate surface area is 127 Å². The second-order valence-corrected chi connectivity index (χ2v) is 5.78. The third kappa shape index (κ3) is 3.92. The molecular formula is C15H15ClN2OS. The molecule has 3 nitrogen and oxygen atoms in total. The predicted molar refractivity (Wildman–Crippen MR) is 86.4 cm³/mol. The molecule has 0 aromatic heterocycles. The van der Waals surface area contributed by atoms with Gasteiger partial charge < -0.3 is 10.6 Å². The molecule has 0 fully saturated rings. The average Bonchev–Trinajstić information content (AvgIpc) is 2.45. The van der Waals surface area contributed by atoms with Crippen LogP contribution in [-0.4, -0.2) is 18.7 Å². The third-order valence-electron chi connectivity index (χ3n) is 2.81. The van der Waals surface area contributed by atoms with Gasteiger partial charge in [0.15, 0.2) is 0 Å². The number of halogens is 1. The predicted octanol–water partition coefficient (Wildman–Crippen LogP) is 3.68. The van der Waals surface area contributed by atoms with Crippen LogP contribution in [0.25, 0.3) is 0 Å². The van der Waals surface area contributed by atoms with Crippen LogP contribution in [0.15, 0.2) is 53.4 Å². The number of benzene rings is 2. The molecule has 0 aliphatic rings. The summed E-state index contributed by atoms with van der Waals surface area (Å²) in [6.45, 7) is 0. The Morgan fingerprint density at radius 2 is 1.95 bits per heavy atom. The SMILES string of the molecule is CN(C(=O)CSc1cccc(Cl)c1)c1ccc(N)cc1. The number of rotatable bonds is 4. The minimum absolute atomic E-state index is 0.0275. The van der Waals surface area contributed by atoms with Crippen LogP contribution in [0.3, 0.4) is 0 Å². The standard InChI is InChI=1S/C15H15ClN2OS/c1-18(13-7-5-12(17)6-8-13)15(19)10-20-14-4-2-3-11(16)9-14/h2-9H,10,17H2,1H3. The van der Waals surface area contributed by atoms with Crippen LogP contribution in [0.4, 0.5) is 11.4 Å². The fourth-order valence-electron chi connectivity index (χ4n) is 1.64. The van der Waals surface area contributed by atoms with Crippen molar-refractivity contribution in [1.29, 1.82) is 0 Å². The van der Waals surface area contributed by atoms with Gasteiger partial charge in [0.05, 0.1) is 5.75 Å². The number of carbonyl (C=O) groups is 1. The van der Waals surface area contributed by atoms with E-state index in [-0.39, 0.29) is 5.91 Å². The number of thioether (sulfide) groups is 1. The number of nitrogens with zero attached hydrogens (tertiary/aromatic N) is 1. The number of carbonyl (C=O) groups excluding carboxylic acids is 1. The van der Waals surface area contributed by atoms with Crippen LogP contribution >= 0.6 is 23.4 Å². The number of amides is 1. The highest BCUT2D eigenvalue weighted by atomic mass is 35.5. The van der Waals surface area contributed by atoms with Gasteiger partial charge in [-0.15, -0.1) is 11.8 Å². The number of anilines is 2. The maximum absolute atomic E-state index is 12.1. The lowest BCUT2D eigenvalue weighted by Crippen LogP contribution is -2.27. The fourth-order valence-corrected chi connectivity index (χ4v) is 2.76. The topological polar surface area (TPSA) is 46.3 Å². The van der Waals surface area contributed by atoms with E-state index in [9.17, 15) is 4.79 Å². The van der Waals surface area contributed by atoms with E-state index in [4.69, 9.17) is 17.3 Å². The van der Waals surface area contributed by atoms with Crippen LogP contribution in [-0.2, 0) is 4.79 Å². The first-order chi connectivity index (χ1) is 9.56. The summed E-state index contributed by atoms with van der Waals surface area (Å²) in [6, 6.07) is 14.7. The number of hydrogen-bond acceptors (Lipinski definition) is 3. The van der Waals surface area contributed by atoms with E-state index in [0.717, 1.165) is 10.6 Å². The van der Waals surface area contributed by atoms with Gasteiger partial charge in [0, 0.05) is 28.3 Å². The molecule has 0 radical (unpaired) electrons. The molecule has 0 bridgehead atoms. The van der Waals surface area contributed by atoms with E-state index in [1.54, 1.807) is 24.1 Å². The molecule has 0 aliphatic heterocycles. The Hall–Kier alpha value is -1.65. The van der Waals surface area contributed by atoms with Gasteiger partial charge in [0.1, 0.15) is 0 Å². The second kappa shape index (κ2) is 6.68. The Kier molecular flexibility index (Phi) is 4.93. The van der Waals surface area contributed by atoms with Gasteiger partial charge in [-0.2, -0.15) is 0 Å². The van der Waals surface area contributed by atoms with Gasteiger partial charge in [0.25, 0.3) is 0 Å². The number of nitrogens with two attached hydrogens (primary N) is 1. The maximum atomic E-state index is 12.1. The molecule has 2 aromatic carbocycles. The highest BCUT2D eigenvalue weighted by molar-refractivity contribution is 8.00. The highest BCUT2D eigenvalue weighted by Crippen LogP contribution is 2.23. The first-order valence-corrected chi connectivity index (χ1v) is 7.43. The van der Waals surface area contributed by atoms with Crippen LogP contribution in [0.5, 0.6) is 0 Å². The lowest BCUT2D eigenvalue weighted by molar-refractivity contribution is -0.115. The molecule has 2 aromatic rings. The molecule has 0 atom stereocenters. The molecule has 20 heavy (non-hydrogen) atoms. The first-order valence-electron chi connectivity index (χ1n) is 6.07. The molecule has 2 N–H and O–H groups in total. The summed E-state index contributed by atoms with van der Waals surface area (Å²) in [6.07, 6.45) is 0. The van der Waals surface area contributed by atoms with E-state index in [2.05, 4.69) is 0 Å². The summed E-state index contributed by atoms with van der Waals surface area (Å²) in [5, 5.41) is 0.675. The van der Waals surface area contributed by atoms with Crippen molar-refractivity contribution in [3.8, 4) is 0 Å². The van der Waals surface area contributed by atoms with Crippen molar-refractivity contribution >= 4 is 40.6 Å². The third-order valence-corrected chi connectivity index (χ3v) is 4.03. The van der Waals surface area contributed by atoms with Gasteiger partial charge >= 0.3 is 0 Å². The Bertz CT molecular complexity index is 601. The van der Waals surface area contributed by atoms with Crippen LogP contribution in [0.2, 0.25) is 5.02 Å². The molecule has 0 aliphatic carbocycles. The molecule has 0 spiro atoms. The molecule has 2 rings (SSSR count). The minimum Gasteiger partial charge on any atom is -0.399 e. The largest absolute Gasteiger partial charge is 0.399 e. The smallest absolute Gasteiger partial charge is 0.237 e. The van der Waals surface area contributed by atoms with Crippen molar-refractivity contribution in [3.63, 3.8) is 0 Å². The molecule has 0 saturated carbocycles. The fraction of sp³-hybridized carbons (Fsp3) is 0.133. The van der Waals surface area contributed by atoms with E-state index in [1.165, 1.54) is 11.8 Å². The van der Waals surface area contributed by atoms with Gasteiger partial charge in [-0.05, 0) is 42.5 Å². The molecule has 1 amide bonds. The summed E-state index contributed by atoms with van der Waals surface area (Å²) in [4.78, 5) is 14.7. The summed E-state index contributed by atoms with van der Waals surface area (Å²) >= 11 is 7.38. The Balaban J connectivity index is 1.96. The van der Waals surface area contributed by atoms with E-state index in [0.29, 0.717) is 16.5 Å². The second-order valence-electron chi connectivity index (χ2n) is 4.29. The summed E-state index contributed by atoms with van der Waals surface area (Å²) in [7, 11) is 1.76. The van der Waals surface area contributed by atoms with Crippen molar-refractivity contribution in [1.82, 2.24) is 0 Å². The first kappa shape index (κ1) is 14.8. The molecule has 104 valence electrons. The van der Waals surface area contributed by atoms with E-state index < -0.39 is 0 Å². The molecule has 0 saturated heterocycles. The Morgan fingerprint density at radius 1 is 1.25 bits per heavy atom. The highest BCUT2D eigenvalue weighted by Gasteiger charge is 2.11. The van der Waals surface area contributed by atoms with E-state index in [1.807, 2.05) is 36.4 Å². The number of nitrogen functional groups attached to an aromatic ring is 1. The zero-order valence-electron chi connectivity index (χ0n) is 11.0. The summed E-state index contributed by atoms with van der Waals surface area (Å²) < 4.78 is 0. The molecular weight excluding hydrogens is 292 g/mol. The van der Waals surface area contributed by atoms with Crippen molar-refractivity contribution in [2.75, 3.05) is 23.4 Å². The van der Waals surface area contributed by atoms with Gasteiger partial charge in [-0.1, -0.05) is 17.7 Å². The van der Waals surface area contributed by atoms with E-state index >= 15 is 0 Å². The lowest BCUT2D eigenvalue weighted by atomic mass is 10.2. The molecule has 0 unspecified atom stereocenters. The van der Waals surface area contributed by atoms with Gasteiger partial charge in [-0.25, -0.2) is 0 Å². The number of hydrogen-bond donors (Lipinski definition) is 1. The van der Waals surface area contributed by atoms with Gasteiger partial charge in [-0.3, -0.25) is 4.79 Å². The maximum Gasteiger partial charge on any atom is 0.237 e. The summed E-state index contributed by atoms with van der Waals surface area (Å²) in [5.74, 6) is 0.390. The zero-order valence-corrected chi connectivity index (χ0v) is 12.6. The average molecular weight is 307 g/mol. The van der Waals surface area contributed by atoms with Crippen molar-refractivity contribution in [3.05, 3.63) is 53.6 Å². The van der Waals surface area contributed by atoms with Crippen molar-refractivity contribution in [2.45, 2.75) is 4.90 Å². The van der Waals surface area contributed by atoms with Crippen LogP contribution in [0.1, 0.15) is 0 Å². The monoisotopic (exact) mass is 306 g/mol. The summed E-state index contributed by atoms with van der Waals surface area (Å²) in [5.41, 5.74) is 7.14. The quantitative estimate of drug-likeness (QED) is 0.692. The van der Waals surface area contributed by atoms with Gasteiger partial charge in [0.2, 0.25) is 5.91 Å². The zero-order chi connectivity index (χ0) is 14.5. The Morgan fingerprint density at radius 3 is 2.60 bits per heavy atom. The van der Waals surface area contributed by atoms with Crippen molar-refractivity contribution in [2.24, 2.45) is 0 Å². The minimum atomic E-state index is 0.0275. The lowest BCUT2D eigenvalue weighted by Gasteiger charge is -2.17. The van der Waals surface area contributed by atoms with Crippen LogP contribution in [0, 0.1) is 0 Å². The molecule has 5 heteroatoms. The molecule has 0 heterocycles.